The number of aliphatic hydroxyl groups excluding tert-OH is 1. The van der Waals surface area contributed by atoms with Crippen LogP contribution in [0.5, 0.6) is 0 Å². The fourth-order valence-electron chi connectivity index (χ4n) is 1.53. The Labute approximate surface area is 98.5 Å². The van der Waals surface area contributed by atoms with E-state index in [0.717, 1.165) is 0 Å². The molecule has 0 aliphatic rings. The third-order valence-electron chi connectivity index (χ3n) is 2.25. The van der Waals surface area contributed by atoms with Gasteiger partial charge in [0.05, 0.1) is 23.1 Å². The van der Waals surface area contributed by atoms with Crippen LogP contribution >= 0.6 is 10.7 Å². The molecular formula is C10H10ClNO3S. The van der Waals surface area contributed by atoms with Crippen molar-refractivity contribution < 1.29 is 13.5 Å². The Morgan fingerprint density at radius 2 is 2.12 bits per heavy atom. The monoisotopic (exact) mass is 259 g/mol. The van der Waals surface area contributed by atoms with Gasteiger partial charge < -0.3 is 5.11 Å². The maximum Gasteiger partial charge on any atom is 0.261 e. The van der Waals surface area contributed by atoms with E-state index in [-0.39, 0.29) is 17.1 Å². The van der Waals surface area contributed by atoms with Gasteiger partial charge in [0.1, 0.15) is 0 Å². The second kappa shape index (κ2) is 4.83. The predicted octanol–water partition coefficient (Wildman–Crippen LogP) is 1.54. The first-order valence-electron chi connectivity index (χ1n) is 4.56. The Bertz CT molecular complexity index is 546. The molecule has 0 atom stereocenters. The summed E-state index contributed by atoms with van der Waals surface area (Å²) in [5.41, 5.74) is 0.944. The van der Waals surface area contributed by atoms with Crippen LogP contribution in [-0.4, -0.2) is 13.5 Å². The molecule has 1 aromatic rings. The van der Waals surface area contributed by atoms with Crippen molar-refractivity contribution in [1.29, 1.82) is 5.26 Å². The number of benzene rings is 1. The Hall–Kier alpha value is -1.09. The summed E-state index contributed by atoms with van der Waals surface area (Å²) < 4.78 is 22.5. The van der Waals surface area contributed by atoms with Crippen LogP contribution in [0, 0.1) is 11.3 Å². The van der Waals surface area contributed by atoms with Gasteiger partial charge in [0.15, 0.2) is 0 Å². The Morgan fingerprint density at radius 3 is 2.50 bits per heavy atom. The van der Waals surface area contributed by atoms with E-state index in [9.17, 15) is 8.42 Å². The molecule has 0 fully saturated rings. The summed E-state index contributed by atoms with van der Waals surface area (Å²) >= 11 is 0. The van der Waals surface area contributed by atoms with Gasteiger partial charge in [-0.3, -0.25) is 0 Å². The molecule has 0 aliphatic carbocycles. The fourth-order valence-corrected chi connectivity index (χ4v) is 2.73. The molecule has 4 nitrogen and oxygen atoms in total. The normalized spacial score (nSPS) is 11.1. The summed E-state index contributed by atoms with van der Waals surface area (Å²) in [6.07, 6.45) is 0.359. The molecule has 1 aromatic carbocycles. The van der Waals surface area contributed by atoms with Crippen LogP contribution in [0.25, 0.3) is 0 Å². The lowest BCUT2D eigenvalue weighted by Gasteiger charge is -2.09. The molecule has 0 spiro atoms. The largest absolute Gasteiger partial charge is 0.392 e. The lowest BCUT2D eigenvalue weighted by Crippen LogP contribution is -2.03. The number of nitriles is 1. The van der Waals surface area contributed by atoms with Crippen molar-refractivity contribution >= 4 is 19.7 Å². The maximum atomic E-state index is 11.3. The fraction of sp³-hybridized carbons (Fsp3) is 0.300. The van der Waals surface area contributed by atoms with Crippen LogP contribution in [0.1, 0.15) is 23.6 Å². The molecule has 0 saturated heterocycles. The second-order valence-corrected chi connectivity index (χ2v) is 5.67. The molecule has 0 bridgehead atoms. The van der Waals surface area contributed by atoms with Gasteiger partial charge in [-0.1, -0.05) is 13.0 Å². The number of nitrogens with zero attached hydrogens (tertiary/aromatic N) is 1. The van der Waals surface area contributed by atoms with Crippen LogP contribution in [0.3, 0.4) is 0 Å². The molecule has 0 heterocycles. The van der Waals surface area contributed by atoms with Crippen LogP contribution in [0.2, 0.25) is 0 Å². The lowest BCUT2D eigenvalue weighted by atomic mass is 10.0. The summed E-state index contributed by atoms with van der Waals surface area (Å²) in [5, 5.41) is 18.0. The summed E-state index contributed by atoms with van der Waals surface area (Å²) in [6.45, 7) is 1.42. The van der Waals surface area contributed by atoms with E-state index < -0.39 is 9.05 Å². The van der Waals surface area contributed by atoms with Gasteiger partial charge in [0, 0.05) is 10.7 Å². The topological polar surface area (TPSA) is 78.2 Å². The highest BCUT2D eigenvalue weighted by molar-refractivity contribution is 8.13. The first kappa shape index (κ1) is 13.0. The van der Waals surface area contributed by atoms with Crippen molar-refractivity contribution in [2.75, 3.05) is 0 Å². The van der Waals surface area contributed by atoms with Crippen molar-refractivity contribution in [3.05, 3.63) is 28.8 Å². The SMILES string of the molecule is CCc1c(S(=O)(=O)Cl)ccc(CO)c1C#N. The molecule has 6 heteroatoms. The van der Waals surface area contributed by atoms with Crippen LogP contribution in [0.4, 0.5) is 0 Å². The second-order valence-electron chi connectivity index (χ2n) is 3.14. The van der Waals surface area contributed by atoms with Crippen LogP contribution < -0.4 is 0 Å². The summed E-state index contributed by atoms with van der Waals surface area (Å²) in [6, 6.07) is 4.60. The van der Waals surface area contributed by atoms with Gasteiger partial charge in [-0.2, -0.15) is 5.26 Å². The average Bonchev–Trinajstić information content (AvgIpc) is 2.25. The van der Waals surface area contributed by atoms with E-state index in [4.69, 9.17) is 21.1 Å². The third kappa shape index (κ3) is 2.35. The van der Waals surface area contributed by atoms with E-state index in [1.807, 2.05) is 6.07 Å². The first-order valence-corrected chi connectivity index (χ1v) is 6.87. The highest BCUT2D eigenvalue weighted by Crippen LogP contribution is 2.26. The standard InChI is InChI=1S/C10H10ClNO3S/c1-2-8-9(5-12)7(6-13)3-4-10(8)16(11,14)15/h3-4,13H,2,6H2,1H3. The van der Waals surface area contributed by atoms with Gasteiger partial charge in [0.25, 0.3) is 9.05 Å². The molecule has 0 radical (unpaired) electrons. The van der Waals surface area contributed by atoms with Crippen molar-refractivity contribution in [2.24, 2.45) is 0 Å². The Balaban J connectivity index is 3.65. The van der Waals surface area contributed by atoms with Crippen molar-refractivity contribution in [3.63, 3.8) is 0 Å². The first-order chi connectivity index (χ1) is 7.45. The van der Waals surface area contributed by atoms with Gasteiger partial charge in [-0.25, -0.2) is 8.42 Å². The van der Waals surface area contributed by atoms with Crippen LogP contribution in [-0.2, 0) is 22.1 Å². The van der Waals surface area contributed by atoms with Gasteiger partial charge >= 0.3 is 0 Å². The van der Waals surface area contributed by atoms with E-state index in [1.54, 1.807) is 6.92 Å². The summed E-state index contributed by atoms with van der Waals surface area (Å²) in [4.78, 5) is -0.0644. The maximum absolute atomic E-state index is 11.3. The smallest absolute Gasteiger partial charge is 0.261 e. The zero-order valence-corrected chi connectivity index (χ0v) is 10.1. The molecule has 0 amide bonds. The highest BCUT2D eigenvalue weighted by Gasteiger charge is 2.19. The van der Waals surface area contributed by atoms with Crippen molar-refractivity contribution in [3.8, 4) is 6.07 Å². The number of hydrogen-bond donors (Lipinski definition) is 1. The van der Waals surface area contributed by atoms with Gasteiger partial charge in [-0.05, 0) is 23.6 Å². The number of halogens is 1. The Morgan fingerprint density at radius 1 is 1.50 bits per heavy atom. The van der Waals surface area contributed by atoms with E-state index in [2.05, 4.69) is 0 Å². The quantitative estimate of drug-likeness (QED) is 0.835. The van der Waals surface area contributed by atoms with E-state index in [0.29, 0.717) is 17.5 Å². The van der Waals surface area contributed by atoms with Crippen LogP contribution in [0.15, 0.2) is 17.0 Å². The predicted molar refractivity (Wildman–Crippen MR) is 59.5 cm³/mol. The molecule has 1 rings (SSSR count). The molecule has 0 aliphatic heterocycles. The molecule has 16 heavy (non-hydrogen) atoms. The van der Waals surface area contributed by atoms with Gasteiger partial charge in [0.2, 0.25) is 0 Å². The summed E-state index contributed by atoms with van der Waals surface area (Å²) in [7, 11) is 1.40. The van der Waals surface area contributed by atoms with E-state index >= 15 is 0 Å². The molecule has 0 aromatic heterocycles. The van der Waals surface area contributed by atoms with Crippen molar-refractivity contribution in [2.45, 2.75) is 24.8 Å². The van der Waals surface area contributed by atoms with Gasteiger partial charge in [-0.15, -0.1) is 0 Å². The minimum Gasteiger partial charge on any atom is -0.392 e. The molecule has 0 unspecified atom stereocenters. The third-order valence-corrected chi connectivity index (χ3v) is 3.66. The Kier molecular flexibility index (Phi) is 3.92. The molecule has 86 valence electrons. The van der Waals surface area contributed by atoms with Crippen molar-refractivity contribution in [1.82, 2.24) is 0 Å². The number of rotatable bonds is 3. The zero-order valence-electron chi connectivity index (χ0n) is 8.57. The minimum absolute atomic E-state index is 0.0644. The minimum atomic E-state index is -3.86. The number of hydrogen-bond acceptors (Lipinski definition) is 4. The molecular weight excluding hydrogens is 250 g/mol. The zero-order chi connectivity index (χ0) is 12.3. The summed E-state index contributed by atoms with van der Waals surface area (Å²) in [5.74, 6) is 0. The van der Waals surface area contributed by atoms with E-state index in [1.165, 1.54) is 12.1 Å². The lowest BCUT2D eigenvalue weighted by molar-refractivity contribution is 0.281. The molecule has 1 N–H and O–H groups in total. The number of aliphatic hydroxyl groups is 1. The highest BCUT2D eigenvalue weighted by atomic mass is 35.7. The molecule has 0 saturated carbocycles. The average molecular weight is 260 g/mol.